The van der Waals surface area contributed by atoms with Crippen molar-refractivity contribution in [3.05, 3.63) is 45.1 Å². The van der Waals surface area contributed by atoms with E-state index in [1.165, 1.54) is 21.0 Å². The normalized spacial score (nSPS) is 15.7. The number of rotatable bonds is 9. The molecule has 0 amide bonds. The van der Waals surface area contributed by atoms with Crippen LogP contribution in [-0.2, 0) is 9.53 Å². The lowest BCUT2D eigenvalue weighted by atomic mass is 10.0. The van der Waals surface area contributed by atoms with Gasteiger partial charge in [0, 0.05) is 23.4 Å². The quantitative estimate of drug-likeness (QED) is 0.293. The third-order valence-electron chi connectivity index (χ3n) is 4.76. The van der Waals surface area contributed by atoms with Crippen molar-refractivity contribution < 1.29 is 9.53 Å². The third kappa shape index (κ3) is 5.44. The van der Waals surface area contributed by atoms with Crippen LogP contribution in [0.2, 0.25) is 5.02 Å². The summed E-state index contributed by atoms with van der Waals surface area (Å²) in [4.78, 5) is 13.9. The fourth-order valence-electron chi connectivity index (χ4n) is 3.38. The van der Waals surface area contributed by atoms with Gasteiger partial charge in [-0.3, -0.25) is 4.79 Å². The minimum atomic E-state index is -0.0822. The Kier molecular flexibility index (Phi) is 8.09. The van der Waals surface area contributed by atoms with E-state index in [1.54, 1.807) is 23.3 Å². The van der Waals surface area contributed by atoms with E-state index in [9.17, 15) is 4.79 Å². The molecule has 0 aliphatic carbocycles. The van der Waals surface area contributed by atoms with Gasteiger partial charge in [0.05, 0.1) is 23.2 Å². The Labute approximate surface area is 180 Å². The monoisotopic (exact) mass is 438 g/mol. The number of carbonyl (C=O) groups is 1. The van der Waals surface area contributed by atoms with Crippen LogP contribution in [0.1, 0.15) is 55.5 Å². The molecule has 2 heterocycles. The highest BCUT2D eigenvalue weighted by molar-refractivity contribution is 8.00. The lowest BCUT2D eigenvalue weighted by Gasteiger charge is -2.19. The van der Waals surface area contributed by atoms with Crippen molar-refractivity contribution in [2.75, 3.05) is 24.5 Å². The zero-order valence-electron chi connectivity index (χ0n) is 16.4. The summed E-state index contributed by atoms with van der Waals surface area (Å²) in [6.07, 6.45) is 4.69. The molecule has 4 nitrogen and oxygen atoms in total. The van der Waals surface area contributed by atoms with Gasteiger partial charge in [-0.05, 0) is 67.4 Å². The van der Waals surface area contributed by atoms with Gasteiger partial charge < -0.3 is 14.4 Å². The minimum absolute atomic E-state index is 0.0822. The van der Waals surface area contributed by atoms with Crippen molar-refractivity contribution in [1.82, 2.24) is 5.32 Å². The fraction of sp³-hybridized carbons (Fsp3) is 0.476. The van der Waals surface area contributed by atoms with Crippen molar-refractivity contribution in [1.29, 1.82) is 0 Å². The maximum absolute atomic E-state index is 11.4. The number of unbranched alkanes of at least 4 members (excludes halogenated alkanes) is 3. The van der Waals surface area contributed by atoms with Crippen molar-refractivity contribution >= 4 is 46.5 Å². The first-order chi connectivity index (χ1) is 13.6. The van der Waals surface area contributed by atoms with Gasteiger partial charge in [-0.25, -0.2) is 0 Å². The Morgan fingerprint density at radius 1 is 1.25 bits per heavy atom. The Hall–Kier alpha value is -1.21. The number of fused-ring (bicyclic) bond motifs is 2. The van der Waals surface area contributed by atoms with E-state index in [-0.39, 0.29) is 12.0 Å². The van der Waals surface area contributed by atoms with E-state index in [1.807, 2.05) is 13.0 Å². The highest BCUT2D eigenvalue weighted by atomic mass is 35.5. The fourth-order valence-corrected chi connectivity index (χ4v) is 5.72. The van der Waals surface area contributed by atoms with Gasteiger partial charge in [-0.15, -0.1) is 11.3 Å². The van der Waals surface area contributed by atoms with Crippen LogP contribution in [0, 0.1) is 0 Å². The molecular weight excluding hydrogens is 412 g/mol. The molecule has 7 heteroatoms. The van der Waals surface area contributed by atoms with Gasteiger partial charge in [0.1, 0.15) is 0 Å². The first kappa shape index (κ1) is 21.5. The molecule has 0 saturated heterocycles. The van der Waals surface area contributed by atoms with Crippen LogP contribution < -0.4 is 9.62 Å². The predicted molar refractivity (Wildman–Crippen MR) is 120 cm³/mol. The van der Waals surface area contributed by atoms with Crippen molar-refractivity contribution in [3.8, 4) is 0 Å². The molecule has 0 fully saturated rings. The second kappa shape index (κ2) is 10.5. The molecule has 1 atom stereocenters. The van der Waals surface area contributed by atoms with Crippen molar-refractivity contribution in [2.45, 2.75) is 50.0 Å². The molecule has 1 aromatic heterocycles. The molecule has 2 aromatic rings. The molecule has 3 rings (SSSR count). The summed E-state index contributed by atoms with van der Waals surface area (Å²) in [5.74, 6) is -0.0822. The van der Waals surface area contributed by atoms with Crippen LogP contribution in [0.4, 0.5) is 5.69 Å². The average molecular weight is 439 g/mol. The number of hydrogen-bond donors (Lipinski definition) is 1. The number of esters is 1. The number of nitrogens with one attached hydrogen (secondary N) is 1. The van der Waals surface area contributed by atoms with Crippen LogP contribution >= 0.6 is 34.9 Å². The molecule has 1 aromatic carbocycles. The number of thiophene rings is 1. The Morgan fingerprint density at radius 3 is 2.89 bits per heavy atom. The molecule has 0 spiro atoms. The predicted octanol–water partition coefficient (Wildman–Crippen LogP) is 6.05. The van der Waals surface area contributed by atoms with Crippen LogP contribution in [0.5, 0.6) is 0 Å². The summed E-state index contributed by atoms with van der Waals surface area (Å²) in [6, 6.07) is 8.54. The van der Waals surface area contributed by atoms with Crippen molar-refractivity contribution in [2.24, 2.45) is 0 Å². The van der Waals surface area contributed by atoms with Gasteiger partial charge in [0.15, 0.2) is 0 Å². The summed E-state index contributed by atoms with van der Waals surface area (Å²) in [7, 11) is 2.10. The first-order valence-corrected chi connectivity index (χ1v) is 11.8. The summed E-state index contributed by atoms with van der Waals surface area (Å²) >= 11 is 9.77. The van der Waals surface area contributed by atoms with Crippen LogP contribution in [0.25, 0.3) is 0 Å². The smallest absolute Gasteiger partial charge is 0.305 e. The second-order valence-corrected chi connectivity index (χ2v) is 9.35. The molecule has 0 radical (unpaired) electrons. The SMILES string of the molecule is CCOC(=O)CCCCCCNC1c2ccc(Cl)cc2SN(C)c2ccsc21. The lowest BCUT2D eigenvalue weighted by Crippen LogP contribution is -2.23. The maximum atomic E-state index is 11.4. The van der Waals surface area contributed by atoms with Gasteiger partial charge in [0.25, 0.3) is 0 Å². The summed E-state index contributed by atoms with van der Waals surface area (Å²) in [5.41, 5.74) is 2.54. The Morgan fingerprint density at radius 2 is 2.07 bits per heavy atom. The summed E-state index contributed by atoms with van der Waals surface area (Å²) in [6.45, 7) is 3.26. The molecular formula is C21H27ClN2O2S2. The summed E-state index contributed by atoms with van der Waals surface area (Å²) in [5, 5.41) is 6.68. The molecule has 28 heavy (non-hydrogen) atoms. The number of hydrogen-bond acceptors (Lipinski definition) is 6. The van der Waals surface area contributed by atoms with Gasteiger partial charge in [-0.2, -0.15) is 0 Å². The molecule has 1 aliphatic rings. The number of halogens is 1. The van der Waals surface area contributed by atoms with E-state index in [0.717, 1.165) is 37.3 Å². The highest BCUT2D eigenvalue weighted by Crippen LogP contribution is 2.45. The first-order valence-electron chi connectivity index (χ1n) is 9.77. The largest absolute Gasteiger partial charge is 0.466 e. The van der Waals surface area contributed by atoms with Crippen LogP contribution in [-0.4, -0.2) is 26.2 Å². The Bertz CT molecular complexity index is 796. The zero-order chi connectivity index (χ0) is 19.9. The van der Waals surface area contributed by atoms with Gasteiger partial charge >= 0.3 is 5.97 Å². The highest BCUT2D eigenvalue weighted by Gasteiger charge is 2.27. The number of nitrogens with zero attached hydrogens (tertiary/aromatic N) is 1. The van der Waals surface area contributed by atoms with E-state index in [0.29, 0.717) is 13.0 Å². The lowest BCUT2D eigenvalue weighted by molar-refractivity contribution is -0.143. The molecule has 1 N–H and O–H groups in total. The minimum Gasteiger partial charge on any atom is -0.466 e. The third-order valence-corrected chi connectivity index (χ3v) is 6.99. The van der Waals surface area contributed by atoms with E-state index in [4.69, 9.17) is 16.3 Å². The van der Waals surface area contributed by atoms with Gasteiger partial charge in [0.2, 0.25) is 0 Å². The number of ether oxygens (including phenoxy) is 1. The van der Waals surface area contributed by atoms with Gasteiger partial charge in [-0.1, -0.05) is 30.5 Å². The average Bonchev–Trinajstić information content (AvgIpc) is 3.11. The summed E-state index contributed by atoms with van der Waals surface area (Å²) < 4.78 is 7.19. The molecule has 0 bridgehead atoms. The van der Waals surface area contributed by atoms with E-state index in [2.05, 4.69) is 40.2 Å². The maximum Gasteiger partial charge on any atom is 0.305 e. The van der Waals surface area contributed by atoms with Crippen molar-refractivity contribution in [3.63, 3.8) is 0 Å². The molecule has 1 aliphatic heterocycles. The van der Waals surface area contributed by atoms with Crippen LogP contribution in [0.3, 0.4) is 0 Å². The number of carbonyl (C=O) groups excluding carboxylic acids is 1. The zero-order valence-corrected chi connectivity index (χ0v) is 18.8. The van der Waals surface area contributed by atoms with E-state index >= 15 is 0 Å². The standard InChI is InChI=1S/C21H27ClN2O2S2/c1-3-26-19(25)8-6-4-5-7-12-23-20-16-10-9-15(22)14-18(16)28-24(2)17-11-13-27-21(17)20/h9-11,13-14,20,23H,3-8,12H2,1-2H3. The number of anilines is 1. The Balaban J connectivity index is 1.57. The molecule has 1 unspecified atom stereocenters. The molecule has 0 saturated carbocycles. The topological polar surface area (TPSA) is 41.6 Å². The van der Waals surface area contributed by atoms with E-state index < -0.39 is 0 Å². The van der Waals surface area contributed by atoms with Crippen LogP contribution in [0.15, 0.2) is 34.5 Å². The molecule has 152 valence electrons. The number of benzene rings is 1. The second-order valence-electron chi connectivity index (χ2n) is 6.80.